The number of hydrogen-bond donors (Lipinski definition) is 2. The first-order chi connectivity index (χ1) is 12.2. The molecule has 1 aliphatic carbocycles. The van der Waals surface area contributed by atoms with E-state index in [0.29, 0.717) is 12.2 Å². The molecule has 0 spiro atoms. The Morgan fingerprint density at radius 3 is 2.64 bits per heavy atom. The van der Waals surface area contributed by atoms with Gasteiger partial charge in [0, 0.05) is 18.2 Å². The normalized spacial score (nSPS) is 15.1. The molecular formula is C19H25N3O3. The second-order valence-corrected chi connectivity index (χ2v) is 6.41. The van der Waals surface area contributed by atoms with Crippen molar-refractivity contribution in [1.29, 1.82) is 0 Å². The summed E-state index contributed by atoms with van der Waals surface area (Å²) in [7, 11) is 1.63. The van der Waals surface area contributed by atoms with Gasteiger partial charge in [0.05, 0.1) is 19.4 Å². The van der Waals surface area contributed by atoms with Crippen molar-refractivity contribution in [2.24, 2.45) is 0 Å². The lowest BCUT2D eigenvalue weighted by Crippen LogP contribution is -2.43. The second kappa shape index (κ2) is 8.16. The molecule has 0 unspecified atom stereocenters. The number of hydrogen-bond acceptors (Lipinski definition) is 4. The molecule has 6 nitrogen and oxygen atoms in total. The van der Waals surface area contributed by atoms with Crippen LogP contribution in [0.1, 0.15) is 42.6 Å². The lowest BCUT2D eigenvalue weighted by Gasteiger charge is -2.33. The predicted molar refractivity (Wildman–Crippen MR) is 95.6 cm³/mol. The zero-order valence-electron chi connectivity index (χ0n) is 14.6. The Balaban J connectivity index is 1.77. The molecule has 0 atom stereocenters. The van der Waals surface area contributed by atoms with E-state index in [1.165, 1.54) is 6.42 Å². The van der Waals surface area contributed by atoms with Crippen molar-refractivity contribution in [2.75, 3.05) is 20.3 Å². The summed E-state index contributed by atoms with van der Waals surface area (Å²) in [6, 6.07) is 9.54. The van der Waals surface area contributed by atoms with Gasteiger partial charge in [-0.1, -0.05) is 19.3 Å². The molecule has 2 N–H and O–H groups in total. The summed E-state index contributed by atoms with van der Waals surface area (Å²) in [4.78, 5) is 14.7. The van der Waals surface area contributed by atoms with E-state index in [1.807, 2.05) is 24.3 Å². The van der Waals surface area contributed by atoms with Crippen LogP contribution < -0.4 is 4.74 Å². The molecule has 0 aliphatic heterocycles. The fourth-order valence-corrected chi connectivity index (χ4v) is 3.45. The molecule has 3 rings (SSSR count). The van der Waals surface area contributed by atoms with Crippen molar-refractivity contribution in [2.45, 2.75) is 38.1 Å². The number of carbonyl (C=O) groups excluding carboxylic acids is 1. The minimum atomic E-state index is -0.0896. The van der Waals surface area contributed by atoms with E-state index >= 15 is 0 Å². The fourth-order valence-electron chi connectivity index (χ4n) is 3.45. The zero-order valence-corrected chi connectivity index (χ0v) is 14.6. The van der Waals surface area contributed by atoms with Crippen LogP contribution in [0, 0.1) is 0 Å². The summed E-state index contributed by atoms with van der Waals surface area (Å²) in [5, 5.41) is 16.5. The van der Waals surface area contributed by atoms with Gasteiger partial charge < -0.3 is 14.7 Å². The number of methoxy groups -OCH3 is 1. The quantitative estimate of drug-likeness (QED) is 0.845. The molecule has 0 bridgehead atoms. The SMILES string of the molecule is COc1ccc(-c2cc(C(=O)N(CCO)C3CCCCC3)[nH]n2)cc1. The van der Waals surface area contributed by atoms with Crippen molar-refractivity contribution in [1.82, 2.24) is 15.1 Å². The summed E-state index contributed by atoms with van der Waals surface area (Å²) >= 11 is 0. The zero-order chi connectivity index (χ0) is 17.6. The number of aliphatic hydroxyl groups is 1. The third-order valence-corrected chi connectivity index (χ3v) is 4.81. The molecular weight excluding hydrogens is 318 g/mol. The van der Waals surface area contributed by atoms with Gasteiger partial charge in [0.25, 0.3) is 5.91 Å². The maximum Gasteiger partial charge on any atom is 0.272 e. The lowest BCUT2D eigenvalue weighted by molar-refractivity contribution is 0.0579. The minimum absolute atomic E-state index is 0.0261. The molecule has 0 saturated heterocycles. The Bertz CT molecular complexity index is 690. The monoisotopic (exact) mass is 343 g/mol. The number of aromatic amines is 1. The van der Waals surface area contributed by atoms with Crippen molar-refractivity contribution >= 4 is 5.91 Å². The number of aromatic nitrogens is 2. The van der Waals surface area contributed by atoms with Crippen LogP contribution in [0.2, 0.25) is 0 Å². The van der Waals surface area contributed by atoms with E-state index in [1.54, 1.807) is 18.1 Å². The Morgan fingerprint density at radius 2 is 2.00 bits per heavy atom. The average Bonchev–Trinajstić information content (AvgIpc) is 3.16. The molecule has 2 aromatic rings. The lowest BCUT2D eigenvalue weighted by atomic mass is 9.94. The number of aliphatic hydroxyl groups excluding tert-OH is 1. The van der Waals surface area contributed by atoms with Crippen LogP contribution in [0.5, 0.6) is 5.75 Å². The highest BCUT2D eigenvalue weighted by molar-refractivity contribution is 5.93. The van der Waals surface area contributed by atoms with Crippen LogP contribution in [0.3, 0.4) is 0 Å². The Kier molecular flexibility index (Phi) is 5.71. The first-order valence-corrected chi connectivity index (χ1v) is 8.84. The molecule has 1 amide bonds. The van der Waals surface area contributed by atoms with Crippen LogP contribution in [0.4, 0.5) is 0 Å². The van der Waals surface area contributed by atoms with Gasteiger partial charge in [-0.2, -0.15) is 5.10 Å². The largest absolute Gasteiger partial charge is 0.497 e. The van der Waals surface area contributed by atoms with Gasteiger partial charge >= 0.3 is 0 Å². The number of H-pyrrole nitrogens is 1. The summed E-state index contributed by atoms with van der Waals surface area (Å²) in [6.07, 6.45) is 5.51. The number of nitrogens with zero attached hydrogens (tertiary/aromatic N) is 2. The minimum Gasteiger partial charge on any atom is -0.497 e. The highest BCUT2D eigenvalue weighted by Gasteiger charge is 2.27. The first kappa shape index (κ1) is 17.5. The summed E-state index contributed by atoms with van der Waals surface area (Å²) < 4.78 is 5.16. The third-order valence-electron chi connectivity index (χ3n) is 4.81. The van der Waals surface area contributed by atoms with E-state index in [-0.39, 0.29) is 18.6 Å². The van der Waals surface area contributed by atoms with E-state index < -0.39 is 0 Å². The first-order valence-electron chi connectivity index (χ1n) is 8.84. The predicted octanol–water partition coefficient (Wildman–Crippen LogP) is 2.85. The molecule has 1 aromatic carbocycles. The van der Waals surface area contributed by atoms with Gasteiger partial charge in [-0.25, -0.2) is 0 Å². The second-order valence-electron chi connectivity index (χ2n) is 6.41. The fraction of sp³-hybridized carbons (Fsp3) is 0.474. The smallest absolute Gasteiger partial charge is 0.272 e. The van der Waals surface area contributed by atoms with Crippen LogP contribution in [-0.2, 0) is 0 Å². The van der Waals surface area contributed by atoms with Crippen LogP contribution in [0.25, 0.3) is 11.3 Å². The third kappa shape index (κ3) is 4.02. The topological polar surface area (TPSA) is 78.5 Å². The molecule has 1 aliphatic rings. The van der Waals surface area contributed by atoms with Crippen LogP contribution >= 0.6 is 0 Å². The number of ether oxygens (including phenoxy) is 1. The summed E-state index contributed by atoms with van der Waals surface area (Å²) in [5.74, 6) is 0.690. The highest BCUT2D eigenvalue weighted by atomic mass is 16.5. The molecule has 1 fully saturated rings. The van der Waals surface area contributed by atoms with Crippen LogP contribution in [0.15, 0.2) is 30.3 Å². The van der Waals surface area contributed by atoms with Crippen molar-refractivity contribution in [3.05, 3.63) is 36.0 Å². The molecule has 1 heterocycles. The van der Waals surface area contributed by atoms with Crippen molar-refractivity contribution in [3.8, 4) is 17.0 Å². The molecule has 1 saturated carbocycles. The highest BCUT2D eigenvalue weighted by Crippen LogP contribution is 2.25. The maximum atomic E-state index is 12.9. The van der Waals surface area contributed by atoms with Gasteiger partial charge in [0.1, 0.15) is 11.4 Å². The Morgan fingerprint density at radius 1 is 1.28 bits per heavy atom. The molecule has 25 heavy (non-hydrogen) atoms. The van der Waals surface area contributed by atoms with Gasteiger partial charge in [-0.05, 0) is 43.2 Å². The van der Waals surface area contributed by atoms with Crippen molar-refractivity contribution < 1.29 is 14.6 Å². The maximum absolute atomic E-state index is 12.9. The Labute approximate surface area is 147 Å². The Hall–Kier alpha value is -2.34. The van der Waals surface area contributed by atoms with Gasteiger partial charge in [-0.15, -0.1) is 0 Å². The number of nitrogens with one attached hydrogen (secondary N) is 1. The van der Waals surface area contributed by atoms with Gasteiger partial charge in [0.2, 0.25) is 0 Å². The number of carbonyl (C=O) groups is 1. The van der Waals surface area contributed by atoms with Gasteiger partial charge in [-0.3, -0.25) is 9.89 Å². The standard InChI is InChI=1S/C19H25N3O3/c1-25-16-9-7-14(8-10-16)17-13-18(21-20-17)19(24)22(11-12-23)15-5-3-2-4-6-15/h7-10,13,15,23H,2-6,11-12H2,1H3,(H,20,21). The van der Waals surface area contributed by atoms with E-state index in [0.717, 1.165) is 42.7 Å². The van der Waals surface area contributed by atoms with E-state index in [4.69, 9.17) is 4.74 Å². The number of rotatable bonds is 6. The average molecular weight is 343 g/mol. The van der Waals surface area contributed by atoms with Gasteiger partial charge in [0.15, 0.2) is 0 Å². The summed E-state index contributed by atoms with van der Waals surface area (Å²) in [5.41, 5.74) is 2.10. The molecule has 1 aromatic heterocycles. The van der Waals surface area contributed by atoms with Crippen molar-refractivity contribution in [3.63, 3.8) is 0 Å². The van der Waals surface area contributed by atoms with E-state index in [9.17, 15) is 9.90 Å². The number of amides is 1. The van der Waals surface area contributed by atoms with Crippen LogP contribution in [-0.4, -0.2) is 52.4 Å². The number of benzene rings is 1. The molecule has 6 heteroatoms. The molecule has 0 radical (unpaired) electrons. The molecule has 134 valence electrons. The summed E-state index contributed by atoms with van der Waals surface area (Å²) in [6.45, 7) is 0.335. The van der Waals surface area contributed by atoms with E-state index in [2.05, 4.69) is 10.2 Å².